The zero-order valence-corrected chi connectivity index (χ0v) is 13.3. The molecular formula is C15H16Cl2N2O2. The second kappa shape index (κ2) is 6.98. The first-order chi connectivity index (χ1) is 10.0. The molecule has 0 radical (unpaired) electrons. The molecule has 1 unspecified atom stereocenters. The number of ether oxygens (including phenoxy) is 1. The quantitative estimate of drug-likeness (QED) is 0.818. The molecule has 21 heavy (non-hydrogen) atoms. The van der Waals surface area contributed by atoms with Crippen molar-refractivity contribution < 1.29 is 9.53 Å². The smallest absolute Gasteiger partial charge is 0.354 e. The Balaban J connectivity index is 1.99. The van der Waals surface area contributed by atoms with Crippen molar-refractivity contribution in [3.05, 3.63) is 57.3 Å². The fraction of sp³-hybridized carbons (Fsp3) is 0.267. The predicted octanol–water partition coefficient (Wildman–Crippen LogP) is 3.96. The Morgan fingerprint density at radius 1 is 1.33 bits per heavy atom. The minimum absolute atomic E-state index is 0.0552. The number of aromatic nitrogens is 1. The number of methoxy groups -OCH3 is 1. The van der Waals surface area contributed by atoms with Crippen LogP contribution in [0.4, 0.5) is 0 Å². The molecule has 1 atom stereocenters. The van der Waals surface area contributed by atoms with E-state index in [1.165, 1.54) is 7.11 Å². The Morgan fingerprint density at radius 2 is 2.10 bits per heavy atom. The number of halogens is 2. The van der Waals surface area contributed by atoms with Crippen LogP contribution < -0.4 is 5.32 Å². The van der Waals surface area contributed by atoms with Crippen molar-refractivity contribution in [2.75, 3.05) is 7.11 Å². The molecule has 0 aliphatic heterocycles. The lowest BCUT2D eigenvalue weighted by atomic mass is 10.1. The zero-order chi connectivity index (χ0) is 15.4. The summed E-state index contributed by atoms with van der Waals surface area (Å²) in [5.41, 5.74) is 2.31. The number of esters is 1. The highest BCUT2D eigenvalue weighted by Gasteiger charge is 2.11. The van der Waals surface area contributed by atoms with Crippen molar-refractivity contribution >= 4 is 29.2 Å². The Bertz CT molecular complexity index is 640. The van der Waals surface area contributed by atoms with Gasteiger partial charge in [-0.2, -0.15) is 0 Å². The topological polar surface area (TPSA) is 54.1 Å². The highest BCUT2D eigenvalue weighted by atomic mass is 35.5. The van der Waals surface area contributed by atoms with Gasteiger partial charge >= 0.3 is 5.97 Å². The van der Waals surface area contributed by atoms with E-state index in [0.29, 0.717) is 22.3 Å². The standard InChI is InChI=1S/C15H16Cl2N2O2/c1-9(12-5-3-10(16)7-13(12)17)18-8-11-4-6-14(19-11)15(20)21-2/h3-7,9,18-19H,8H2,1-2H3. The molecular weight excluding hydrogens is 311 g/mol. The van der Waals surface area contributed by atoms with Crippen molar-refractivity contribution in [3.63, 3.8) is 0 Å². The molecule has 1 aromatic heterocycles. The molecule has 4 nitrogen and oxygen atoms in total. The van der Waals surface area contributed by atoms with Gasteiger partial charge in [0.25, 0.3) is 0 Å². The maximum Gasteiger partial charge on any atom is 0.354 e. The van der Waals surface area contributed by atoms with E-state index in [1.807, 2.05) is 25.1 Å². The third kappa shape index (κ3) is 4.00. The third-order valence-electron chi connectivity index (χ3n) is 3.18. The molecule has 112 valence electrons. The van der Waals surface area contributed by atoms with Gasteiger partial charge < -0.3 is 15.0 Å². The summed E-state index contributed by atoms with van der Waals surface area (Å²) in [5.74, 6) is -0.380. The lowest BCUT2D eigenvalue weighted by molar-refractivity contribution is 0.0594. The number of hydrogen-bond donors (Lipinski definition) is 2. The van der Waals surface area contributed by atoms with Gasteiger partial charge in [0.1, 0.15) is 5.69 Å². The summed E-state index contributed by atoms with van der Waals surface area (Å²) in [7, 11) is 1.35. The van der Waals surface area contributed by atoms with Crippen molar-refractivity contribution in [1.82, 2.24) is 10.3 Å². The van der Waals surface area contributed by atoms with Crippen LogP contribution in [0.5, 0.6) is 0 Å². The Labute approximate surface area is 133 Å². The summed E-state index contributed by atoms with van der Waals surface area (Å²) in [6.45, 7) is 2.59. The average Bonchev–Trinajstić information content (AvgIpc) is 2.92. The van der Waals surface area contributed by atoms with Gasteiger partial charge in [0.05, 0.1) is 7.11 Å². The molecule has 0 fully saturated rings. The van der Waals surface area contributed by atoms with E-state index in [9.17, 15) is 4.79 Å². The SMILES string of the molecule is COC(=O)c1ccc(CNC(C)c2ccc(Cl)cc2Cl)[nH]1. The highest BCUT2D eigenvalue weighted by molar-refractivity contribution is 6.35. The van der Waals surface area contributed by atoms with Crippen LogP contribution >= 0.6 is 23.2 Å². The lowest BCUT2D eigenvalue weighted by Gasteiger charge is -2.15. The minimum Gasteiger partial charge on any atom is -0.464 e. The number of rotatable bonds is 5. The normalized spacial score (nSPS) is 12.2. The number of hydrogen-bond acceptors (Lipinski definition) is 3. The first-order valence-corrected chi connectivity index (χ1v) is 7.21. The van der Waals surface area contributed by atoms with Crippen LogP contribution in [0.1, 0.15) is 34.7 Å². The molecule has 6 heteroatoms. The summed E-state index contributed by atoms with van der Waals surface area (Å²) >= 11 is 12.1. The van der Waals surface area contributed by atoms with Crippen LogP contribution in [0.25, 0.3) is 0 Å². The van der Waals surface area contributed by atoms with E-state index >= 15 is 0 Å². The van der Waals surface area contributed by atoms with E-state index in [1.54, 1.807) is 12.1 Å². The summed E-state index contributed by atoms with van der Waals surface area (Å²) < 4.78 is 4.65. The number of carbonyl (C=O) groups excluding carboxylic acids is 1. The van der Waals surface area contributed by atoms with Gasteiger partial charge in [-0.15, -0.1) is 0 Å². The number of carbonyl (C=O) groups is 1. The molecule has 1 heterocycles. The summed E-state index contributed by atoms with van der Waals surface area (Å²) in [5, 5.41) is 4.58. The fourth-order valence-corrected chi connectivity index (χ4v) is 2.57. The first-order valence-electron chi connectivity index (χ1n) is 6.45. The van der Waals surface area contributed by atoms with Gasteiger partial charge in [-0.3, -0.25) is 0 Å². The van der Waals surface area contributed by atoms with E-state index in [-0.39, 0.29) is 12.0 Å². The molecule has 1 aromatic carbocycles. The van der Waals surface area contributed by atoms with Gasteiger partial charge in [-0.1, -0.05) is 29.3 Å². The van der Waals surface area contributed by atoms with Gasteiger partial charge in [0, 0.05) is 28.3 Å². The van der Waals surface area contributed by atoms with Gasteiger partial charge in [-0.25, -0.2) is 4.79 Å². The Kier molecular flexibility index (Phi) is 5.28. The maximum absolute atomic E-state index is 11.4. The molecule has 2 rings (SSSR count). The van der Waals surface area contributed by atoms with Crippen molar-refractivity contribution in [1.29, 1.82) is 0 Å². The predicted molar refractivity (Wildman–Crippen MR) is 83.8 cm³/mol. The van der Waals surface area contributed by atoms with Crippen LogP contribution in [0.15, 0.2) is 30.3 Å². The molecule has 0 saturated heterocycles. The van der Waals surface area contributed by atoms with Crippen molar-refractivity contribution in [2.45, 2.75) is 19.5 Å². The average molecular weight is 327 g/mol. The fourth-order valence-electron chi connectivity index (χ4n) is 2.00. The van der Waals surface area contributed by atoms with Crippen LogP contribution in [-0.2, 0) is 11.3 Å². The van der Waals surface area contributed by atoms with Crippen LogP contribution in [0.2, 0.25) is 10.0 Å². The van der Waals surface area contributed by atoms with Crippen LogP contribution in [-0.4, -0.2) is 18.1 Å². The van der Waals surface area contributed by atoms with E-state index in [2.05, 4.69) is 15.0 Å². The van der Waals surface area contributed by atoms with E-state index in [4.69, 9.17) is 23.2 Å². The Hall–Kier alpha value is -1.49. The van der Waals surface area contributed by atoms with Crippen LogP contribution in [0, 0.1) is 0 Å². The van der Waals surface area contributed by atoms with Gasteiger partial charge in [0.15, 0.2) is 0 Å². The maximum atomic E-state index is 11.4. The molecule has 0 aliphatic carbocycles. The molecule has 0 bridgehead atoms. The van der Waals surface area contributed by atoms with Crippen LogP contribution in [0.3, 0.4) is 0 Å². The molecule has 0 spiro atoms. The second-order valence-electron chi connectivity index (χ2n) is 4.66. The number of aromatic amines is 1. The molecule has 2 N–H and O–H groups in total. The number of benzene rings is 1. The molecule has 0 saturated carbocycles. The van der Waals surface area contributed by atoms with E-state index in [0.717, 1.165) is 11.3 Å². The minimum atomic E-state index is -0.380. The van der Waals surface area contributed by atoms with Gasteiger partial charge in [-0.05, 0) is 36.8 Å². The van der Waals surface area contributed by atoms with E-state index < -0.39 is 0 Å². The zero-order valence-electron chi connectivity index (χ0n) is 11.7. The molecule has 0 aliphatic rings. The first kappa shape index (κ1) is 15.9. The van der Waals surface area contributed by atoms with Crippen molar-refractivity contribution in [3.8, 4) is 0 Å². The lowest BCUT2D eigenvalue weighted by Crippen LogP contribution is -2.18. The largest absolute Gasteiger partial charge is 0.464 e. The third-order valence-corrected chi connectivity index (χ3v) is 3.74. The van der Waals surface area contributed by atoms with Gasteiger partial charge in [0.2, 0.25) is 0 Å². The molecule has 2 aromatic rings. The Morgan fingerprint density at radius 3 is 2.76 bits per heavy atom. The summed E-state index contributed by atoms with van der Waals surface area (Å²) in [6, 6.07) is 9.03. The molecule has 0 amide bonds. The monoisotopic (exact) mass is 326 g/mol. The number of H-pyrrole nitrogens is 1. The highest BCUT2D eigenvalue weighted by Crippen LogP contribution is 2.26. The summed E-state index contributed by atoms with van der Waals surface area (Å²) in [4.78, 5) is 14.4. The summed E-state index contributed by atoms with van der Waals surface area (Å²) in [6.07, 6.45) is 0. The van der Waals surface area contributed by atoms with Crippen molar-refractivity contribution in [2.24, 2.45) is 0 Å². The second-order valence-corrected chi connectivity index (χ2v) is 5.50. The number of nitrogens with one attached hydrogen (secondary N) is 2.